The van der Waals surface area contributed by atoms with Crippen LogP contribution in [0.5, 0.6) is 0 Å². The number of benzene rings is 1. The smallest absolute Gasteiger partial charge is 0.132 e. The average molecular weight is 279 g/mol. The fraction of sp³-hybridized carbons (Fsp3) is 0.474. The van der Waals surface area contributed by atoms with E-state index in [9.17, 15) is 0 Å². The standard InChI is InChI=1S/C19H22N2/c1-12-6-7-14-13(10-12)11-21-9-8-16-15-4-2-3-5-17(15)20-18(16)19(14)21/h2-6,13-14,19-20H,7-11H2,1H3/p+1/t13-,14-,19-/m0/s1. The lowest BCUT2D eigenvalue weighted by atomic mass is 9.77. The van der Waals surface area contributed by atoms with Crippen molar-refractivity contribution in [3.63, 3.8) is 0 Å². The van der Waals surface area contributed by atoms with Gasteiger partial charge in [-0.25, -0.2) is 0 Å². The highest BCUT2D eigenvalue weighted by Gasteiger charge is 2.49. The van der Waals surface area contributed by atoms with Crippen molar-refractivity contribution in [1.29, 1.82) is 0 Å². The number of aromatic nitrogens is 1. The van der Waals surface area contributed by atoms with Crippen LogP contribution in [0.2, 0.25) is 0 Å². The Hall–Kier alpha value is -1.54. The third-order valence-corrected chi connectivity index (χ3v) is 6.17. The summed E-state index contributed by atoms with van der Waals surface area (Å²) in [5, 5.41) is 1.47. The van der Waals surface area contributed by atoms with E-state index in [0.717, 1.165) is 17.9 Å². The molecule has 3 aliphatic rings. The molecule has 2 nitrogen and oxygen atoms in total. The van der Waals surface area contributed by atoms with Crippen molar-refractivity contribution in [2.45, 2.75) is 32.2 Å². The Bertz CT molecular complexity index is 739. The van der Waals surface area contributed by atoms with E-state index in [1.807, 2.05) is 4.90 Å². The second kappa shape index (κ2) is 4.23. The summed E-state index contributed by atoms with van der Waals surface area (Å²) in [7, 11) is 0. The topological polar surface area (TPSA) is 20.2 Å². The lowest BCUT2D eigenvalue weighted by Crippen LogP contribution is -3.11. The maximum atomic E-state index is 3.79. The molecule has 1 saturated heterocycles. The van der Waals surface area contributed by atoms with Crippen LogP contribution < -0.4 is 4.90 Å². The van der Waals surface area contributed by atoms with E-state index in [0.29, 0.717) is 0 Å². The summed E-state index contributed by atoms with van der Waals surface area (Å²) in [6.07, 6.45) is 6.37. The zero-order valence-corrected chi connectivity index (χ0v) is 12.7. The molecule has 5 rings (SSSR count). The van der Waals surface area contributed by atoms with Gasteiger partial charge in [-0.15, -0.1) is 0 Å². The number of fused-ring (bicyclic) bond motifs is 7. The summed E-state index contributed by atoms with van der Waals surface area (Å²) in [6, 6.07) is 9.59. The number of rotatable bonds is 0. The molecule has 2 heteroatoms. The number of H-pyrrole nitrogens is 1. The Morgan fingerprint density at radius 1 is 1.24 bits per heavy atom. The van der Waals surface area contributed by atoms with Gasteiger partial charge in [-0.2, -0.15) is 0 Å². The van der Waals surface area contributed by atoms with Crippen LogP contribution in [0.25, 0.3) is 10.9 Å². The van der Waals surface area contributed by atoms with Crippen LogP contribution in [0.15, 0.2) is 35.9 Å². The Balaban J connectivity index is 1.64. The Morgan fingerprint density at radius 2 is 2.14 bits per heavy atom. The van der Waals surface area contributed by atoms with Gasteiger partial charge in [0.15, 0.2) is 0 Å². The fourth-order valence-electron chi connectivity index (χ4n) is 5.29. The number of allylic oxidation sites excluding steroid dienone is 2. The van der Waals surface area contributed by atoms with Crippen LogP contribution in [0, 0.1) is 11.8 Å². The van der Waals surface area contributed by atoms with Gasteiger partial charge >= 0.3 is 0 Å². The molecule has 1 unspecified atom stereocenters. The van der Waals surface area contributed by atoms with E-state index in [1.165, 1.54) is 43.3 Å². The maximum Gasteiger partial charge on any atom is 0.132 e. The van der Waals surface area contributed by atoms with E-state index in [1.54, 1.807) is 16.8 Å². The maximum absolute atomic E-state index is 3.79. The first kappa shape index (κ1) is 12.0. The highest BCUT2D eigenvalue weighted by molar-refractivity contribution is 5.85. The molecule has 2 N–H and O–H groups in total. The van der Waals surface area contributed by atoms with Crippen LogP contribution in [0.3, 0.4) is 0 Å². The van der Waals surface area contributed by atoms with Crippen molar-refractivity contribution in [2.75, 3.05) is 13.1 Å². The number of nitrogens with one attached hydrogen (secondary N) is 2. The van der Waals surface area contributed by atoms with Crippen molar-refractivity contribution >= 4 is 10.9 Å². The number of hydrogen-bond acceptors (Lipinski definition) is 0. The van der Waals surface area contributed by atoms with E-state index in [2.05, 4.69) is 42.2 Å². The van der Waals surface area contributed by atoms with Gasteiger partial charge in [-0.05, 0) is 31.4 Å². The van der Waals surface area contributed by atoms with Crippen molar-refractivity contribution < 1.29 is 4.90 Å². The second-order valence-corrected chi connectivity index (χ2v) is 7.32. The first-order valence-electron chi connectivity index (χ1n) is 8.41. The average Bonchev–Trinajstić information content (AvgIpc) is 3.03. The highest BCUT2D eigenvalue weighted by Crippen LogP contribution is 2.42. The van der Waals surface area contributed by atoms with Gasteiger partial charge in [-0.1, -0.05) is 29.8 Å². The molecule has 1 fully saturated rings. The number of quaternary nitrogens is 1. The highest BCUT2D eigenvalue weighted by atomic mass is 15.2. The molecule has 108 valence electrons. The summed E-state index contributed by atoms with van der Waals surface area (Å²) >= 11 is 0. The van der Waals surface area contributed by atoms with Crippen LogP contribution in [0.4, 0.5) is 0 Å². The Kier molecular flexibility index (Phi) is 2.43. The molecule has 3 heterocycles. The molecule has 2 aliphatic heterocycles. The minimum absolute atomic E-state index is 0.718. The van der Waals surface area contributed by atoms with Gasteiger partial charge in [0, 0.05) is 29.2 Å². The van der Waals surface area contributed by atoms with E-state index >= 15 is 0 Å². The normalized spacial score (nSPS) is 34.2. The van der Waals surface area contributed by atoms with Gasteiger partial charge in [0.1, 0.15) is 6.04 Å². The first-order chi connectivity index (χ1) is 10.3. The van der Waals surface area contributed by atoms with Crippen molar-refractivity contribution in [2.24, 2.45) is 11.8 Å². The van der Waals surface area contributed by atoms with Gasteiger partial charge in [0.2, 0.25) is 0 Å². The molecule has 0 spiro atoms. The van der Waals surface area contributed by atoms with Crippen molar-refractivity contribution in [1.82, 2.24) is 4.98 Å². The summed E-state index contributed by atoms with van der Waals surface area (Å²) in [6.45, 7) is 5.03. The predicted molar refractivity (Wildman–Crippen MR) is 85.4 cm³/mol. The SMILES string of the molecule is CC1=CC[C@H]2[C@@H](C1)C[NH+]1CCc3c([nH]c4ccccc34)[C@H]21. The molecule has 0 amide bonds. The summed E-state index contributed by atoms with van der Waals surface area (Å²) in [5.74, 6) is 1.77. The molecular formula is C19H23N2+. The van der Waals surface area contributed by atoms with Crippen molar-refractivity contribution in [3.05, 3.63) is 47.2 Å². The molecule has 0 radical (unpaired) electrons. The van der Waals surface area contributed by atoms with Crippen LogP contribution in [-0.4, -0.2) is 18.1 Å². The fourth-order valence-corrected chi connectivity index (χ4v) is 5.29. The Labute approximate surface area is 125 Å². The number of aromatic amines is 1. The molecule has 1 aliphatic carbocycles. The first-order valence-corrected chi connectivity index (χ1v) is 8.41. The third-order valence-electron chi connectivity index (χ3n) is 6.17. The van der Waals surface area contributed by atoms with Crippen LogP contribution in [-0.2, 0) is 6.42 Å². The van der Waals surface area contributed by atoms with Crippen molar-refractivity contribution in [3.8, 4) is 0 Å². The zero-order valence-electron chi connectivity index (χ0n) is 12.7. The molecule has 1 aromatic heterocycles. The third kappa shape index (κ3) is 1.63. The predicted octanol–water partition coefficient (Wildman–Crippen LogP) is 2.64. The van der Waals surface area contributed by atoms with Gasteiger partial charge in [-0.3, -0.25) is 0 Å². The molecule has 2 aromatic rings. The zero-order chi connectivity index (χ0) is 14.0. The second-order valence-electron chi connectivity index (χ2n) is 7.32. The summed E-state index contributed by atoms with van der Waals surface area (Å²) in [4.78, 5) is 5.63. The van der Waals surface area contributed by atoms with Crippen LogP contribution >= 0.6 is 0 Å². The minimum Gasteiger partial charge on any atom is -0.353 e. The molecule has 1 aromatic carbocycles. The van der Waals surface area contributed by atoms with E-state index in [4.69, 9.17) is 0 Å². The molecule has 21 heavy (non-hydrogen) atoms. The summed E-state index contributed by atoms with van der Waals surface area (Å²) < 4.78 is 0. The lowest BCUT2D eigenvalue weighted by molar-refractivity contribution is -0.923. The molecule has 0 bridgehead atoms. The summed E-state index contributed by atoms with van der Waals surface area (Å²) in [5.41, 5.74) is 6.14. The molecule has 4 atom stereocenters. The minimum atomic E-state index is 0.718. The lowest BCUT2D eigenvalue weighted by Gasteiger charge is -2.30. The quantitative estimate of drug-likeness (QED) is 0.692. The van der Waals surface area contributed by atoms with Gasteiger partial charge < -0.3 is 9.88 Å². The Morgan fingerprint density at radius 3 is 3.10 bits per heavy atom. The molecule has 0 saturated carbocycles. The van der Waals surface area contributed by atoms with Crippen LogP contribution in [0.1, 0.15) is 37.1 Å². The molecular weight excluding hydrogens is 256 g/mol. The monoisotopic (exact) mass is 279 g/mol. The van der Waals surface area contributed by atoms with Gasteiger partial charge in [0.05, 0.1) is 18.8 Å². The number of hydrogen-bond donors (Lipinski definition) is 2. The van der Waals surface area contributed by atoms with Gasteiger partial charge in [0.25, 0.3) is 0 Å². The number of para-hydroxylation sites is 1. The van der Waals surface area contributed by atoms with E-state index in [-0.39, 0.29) is 0 Å². The largest absolute Gasteiger partial charge is 0.353 e. The van der Waals surface area contributed by atoms with E-state index < -0.39 is 0 Å².